The van der Waals surface area contributed by atoms with Crippen LogP contribution in [0.1, 0.15) is 17.7 Å². The minimum atomic E-state index is -0.230. The van der Waals surface area contributed by atoms with Crippen LogP contribution in [0, 0.1) is 11.7 Å². The molecule has 0 N–H and O–H groups in total. The van der Waals surface area contributed by atoms with Crippen LogP contribution in [0.2, 0.25) is 0 Å². The zero-order valence-electron chi connectivity index (χ0n) is 16.0. The summed E-state index contributed by atoms with van der Waals surface area (Å²) in [6.45, 7) is 3.19. The van der Waals surface area contributed by atoms with E-state index in [-0.39, 0.29) is 5.82 Å². The third-order valence-corrected chi connectivity index (χ3v) is 5.82. The molecular formula is C23H23FN4. The van der Waals surface area contributed by atoms with Crippen molar-refractivity contribution >= 4 is 6.08 Å². The summed E-state index contributed by atoms with van der Waals surface area (Å²) in [5, 5.41) is 0. The van der Waals surface area contributed by atoms with Gasteiger partial charge in [-0.3, -0.25) is 4.98 Å². The summed E-state index contributed by atoms with van der Waals surface area (Å²) in [5.74, 6) is 0.385. The van der Waals surface area contributed by atoms with E-state index in [2.05, 4.69) is 39.7 Å². The van der Waals surface area contributed by atoms with Gasteiger partial charge >= 0.3 is 0 Å². The molecule has 142 valence electrons. The monoisotopic (exact) mass is 374 g/mol. The average Bonchev–Trinajstić information content (AvgIpc) is 3.42. The number of aromatic nitrogens is 3. The predicted molar refractivity (Wildman–Crippen MR) is 109 cm³/mol. The van der Waals surface area contributed by atoms with E-state index < -0.39 is 0 Å². The van der Waals surface area contributed by atoms with E-state index in [0.717, 1.165) is 54.3 Å². The molecule has 1 saturated heterocycles. The molecule has 0 spiro atoms. The van der Waals surface area contributed by atoms with Gasteiger partial charge in [0.25, 0.3) is 0 Å². The van der Waals surface area contributed by atoms with E-state index >= 15 is 0 Å². The van der Waals surface area contributed by atoms with Gasteiger partial charge in [0.05, 0.1) is 23.4 Å². The number of imidazole rings is 1. The maximum atomic E-state index is 13.5. The molecule has 1 aliphatic heterocycles. The molecule has 1 unspecified atom stereocenters. The number of pyridine rings is 1. The fourth-order valence-electron chi connectivity index (χ4n) is 4.44. The van der Waals surface area contributed by atoms with E-state index in [0.29, 0.717) is 5.92 Å². The Balaban J connectivity index is 1.64. The van der Waals surface area contributed by atoms with Crippen molar-refractivity contribution in [3.63, 3.8) is 0 Å². The lowest BCUT2D eigenvalue weighted by Crippen LogP contribution is -2.17. The Labute approximate surface area is 164 Å². The highest BCUT2D eigenvalue weighted by atomic mass is 19.1. The minimum absolute atomic E-state index is 0.230. The normalized spacial score (nSPS) is 18.7. The number of hydrogen-bond donors (Lipinski definition) is 0. The van der Waals surface area contributed by atoms with Crippen molar-refractivity contribution in [3.05, 3.63) is 66.0 Å². The Morgan fingerprint density at radius 2 is 2.00 bits per heavy atom. The van der Waals surface area contributed by atoms with Crippen molar-refractivity contribution in [2.45, 2.75) is 19.4 Å². The summed E-state index contributed by atoms with van der Waals surface area (Å²) in [7, 11) is 2.18. The highest BCUT2D eigenvalue weighted by Gasteiger charge is 2.24. The molecule has 1 atom stereocenters. The van der Waals surface area contributed by atoms with Crippen LogP contribution in [0.4, 0.5) is 4.39 Å². The van der Waals surface area contributed by atoms with Crippen molar-refractivity contribution in [2.75, 3.05) is 20.1 Å². The summed E-state index contributed by atoms with van der Waals surface area (Å²) in [6, 6.07) is 8.70. The van der Waals surface area contributed by atoms with Gasteiger partial charge in [0.2, 0.25) is 0 Å². The number of hydrogen-bond acceptors (Lipinski definition) is 3. The van der Waals surface area contributed by atoms with E-state index in [4.69, 9.17) is 4.98 Å². The maximum Gasteiger partial charge on any atom is 0.123 e. The summed E-state index contributed by atoms with van der Waals surface area (Å²) in [4.78, 5) is 11.7. The fourth-order valence-corrected chi connectivity index (χ4v) is 4.44. The first-order valence-corrected chi connectivity index (χ1v) is 9.83. The van der Waals surface area contributed by atoms with Crippen LogP contribution >= 0.6 is 0 Å². The van der Waals surface area contributed by atoms with Gasteiger partial charge in [-0.1, -0.05) is 12.2 Å². The molecule has 4 nitrogen and oxygen atoms in total. The number of allylic oxidation sites excluding steroid dienone is 1. The molecule has 0 radical (unpaired) electrons. The summed E-state index contributed by atoms with van der Waals surface area (Å²) >= 11 is 0. The first-order chi connectivity index (χ1) is 13.7. The third-order valence-electron chi connectivity index (χ3n) is 5.82. The molecule has 5 rings (SSSR count). The van der Waals surface area contributed by atoms with E-state index in [1.54, 1.807) is 0 Å². The van der Waals surface area contributed by atoms with Crippen molar-refractivity contribution in [1.82, 2.24) is 19.4 Å². The lowest BCUT2D eigenvalue weighted by Gasteiger charge is -2.16. The standard InChI is InChI=1S/C23H23FN4/c1-27-12-10-16(13-27)14-28-15-26-22(17-5-7-18(24)8-6-17)23(28)20-9-11-25-21-4-2-3-19(20)21/h2-3,5-9,11,15-16H,4,10,12-14H2,1H3. The Morgan fingerprint density at radius 3 is 2.79 bits per heavy atom. The Bertz CT molecular complexity index is 1040. The van der Waals surface area contributed by atoms with E-state index in [1.807, 2.05) is 24.7 Å². The summed E-state index contributed by atoms with van der Waals surface area (Å²) in [6.07, 6.45) is 10.2. The SMILES string of the molecule is CN1CCC(Cn2cnc(-c3ccc(F)cc3)c2-c2ccnc3c2C=CC3)C1. The number of halogens is 1. The first-order valence-electron chi connectivity index (χ1n) is 9.83. The molecule has 0 bridgehead atoms. The molecule has 3 heterocycles. The number of nitrogens with zero attached hydrogens (tertiary/aromatic N) is 4. The minimum Gasteiger partial charge on any atom is -0.330 e. The summed E-state index contributed by atoms with van der Waals surface area (Å²) in [5.41, 5.74) is 6.38. The lowest BCUT2D eigenvalue weighted by atomic mass is 10.00. The van der Waals surface area contributed by atoms with Crippen LogP contribution in [-0.4, -0.2) is 39.6 Å². The highest BCUT2D eigenvalue weighted by Crippen LogP contribution is 2.37. The molecular weight excluding hydrogens is 351 g/mol. The van der Waals surface area contributed by atoms with Crippen LogP contribution < -0.4 is 0 Å². The van der Waals surface area contributed by atoms with Crippen LogP contribution in [0.15, 0.2) is 48.9 Å². The van der Waals surface area contributed by atoms with Gasteiger partial charge < -0.3 is 9.47 Å². The predicted octanol–water partition coefficient (Wildman–Crippen LogP) is 4.27. The van der Waals surface area contributed by atoms with E-state index in [1.165, 1.54) is 24.1 Å². The second kappa shape index (κ2) is 6.99. The van der Waals surface area contributed by atoms with Gasteiger partial charge in [-0.2, -0.15) is 0 Å². The van der Waals surface area contributed by atoms with Gasteiger partial charge in [0, 0.05) is 42.4 Å². The smallest absolute Gasteiger partial charge is 0.123 e. The quantitative estimate of drug-likeness (QED) is 0.684. The number of fused-ring (bicyclic) bond motifs is 1. The number of rotatable bonds is 4. The lowest BCUT2D eigenvalue weighted by molar-refractivity contribution is 0.378. The number of likely N-dealkylation sites (tertiary alicyclic amines) is 1. The Kier molecular flexibility index (Phi) is 4.32. The molecule has 2 aliphatic rings. The van der Waals surface area contributed by atoms with E-state index in [9.17, 15) is 4.39 Å². The molecule has 3 aromatic rings. The zero-order valence-corrected chi connectivity index (χ0v) is 16.0. The maximum absolute atomic E-state index is 13.5. The molecule has 1 aromatic carbocycles. The molecule has 1 fully saturated rings. The highest BCUT2D eigenvalue weighted by molar-refractivity contribution is 5.85. The van der Waals surface area contributed by atoms with Crippen LogP contribution in [0.5, 0.6) is 0 Å². The number of benzene rings is 1. The molecule has 28 heavy (non-hydrogen) atoms. The molecule has 0 saturated carbocycles. The Hall–Kier alpha value is -2.79. The molecule has 5 heteroatoms. The van der Waals surface area contributed by atoms with Gasteiger partial charge in [-0.15, -0.1) is 0 Å². The van der Waals surface area contributed by atoms with Crippen LogP contribution in [0.25, 0.3) is 28.6 Å². The van der Waals surface area contributed by atoms with Crippen molar-refractivity contribution in [3.8, 4) is 22.5 Å². The van der Waals surface area contributed by atoms with Crippen molar-refractivity contribution < 1.29 is 4.39 Å². The topological polar surface area (TPSA) is 34.0 Å². The van der Waals surface area contributed by atoms with Gasteiger partial charge in [-0.05, 0) is 56.3 Å². The van der Waals surface area contributed by atoms with Crippen molar-refractivity contribution in [1.29, 1.82) is 0 Å². The van der Waals surface area contributed by atoms with Gasteiger partial charge in [-0.25, -0.2) is 9.37 Å². The van der Waals surface area contributed by atoms with Crippen LogP contribution in [-0.2, 0) is 13.0 Å². The van der Waals surface area contributed by atoms with Gasteiger partial charge in [0.15, 0.2) is 0 Å². The third kappa shape index (κ3) is 3.06. The van der Waals surface area contributed by atoms with Gasteiger partial charge in [0.1, 0.15) is 5.82 Å². The van der Waals surface area contributed by atoms with Crippen molar-refractivity contribution in [2.24, 2.45) is 5.92 Å². The second-order valence-electron chi connectivity index (χ2n) is 7.84. The van der Waals surface area contributed by atoms with Crippen LogP contribution in [0.3, 0.4) is 0 Å². The summed E-state index contributed by atoms with van der Waals surface area (Å²) < 4.78 is 15.8. The molecule has 2 aromatic heterocycles. The Morgan fingerprint density at radius 1 is 1.14 bits per heavy atom. The molecule has 0 amide bonds. The molecule has 1 aliphatic carbocycles. The first kappa shape index (κ1) is 17.3. The average molecular weight is 374 g/mol. The zero-order chi connectivity index (χ0) is 19.1. The fraction of sp³-hybridized carbons (Fsp3) is 0.304. The second-order valence-corrected chi connectivity index (χ2v) is 7.84. The largest absolute Gasteiger partial charge is 0.330 e.